The molecule has 0 aliphatic carbocycles. The molecule has 3 rings (SSSR count). The van der Waals surface area contributed by atoms with E-state index in [9.17, 15) is 4.79 Å². The van der Waals surface area contributed by atoms with Gasteiger partial charge < -0.3 is 0 Å². The summed E-state index contributed by atoms with van der Waals surface area (Å²) in [7, 11) is -0.340. The standard InChI is InChI=1S/C21H25OP/c1-21(2,3)23-19(16-10-6-4-7-11-16)14-18(22)15-20(23)17-12-8-5-9-13-17/h4-13,19-20H,14-15H2,1-3H3/t19-,20+,23?. The highest BCUT2D eigenvalue weighted by molar-refractivity contribution is 7.60. The van der Waals surface area contributed by atoms with Gasteiger partial charge in [0, 0.05) is 24.2 Å². The van der Waals surface area contributed by atoms with E-state index in [-0.39, 0.29) is 13.1 Å². The van der Waals surface area contributed by atoms with Crippen LogP contribution in [0.25, 0.3) is 0 Å². The Morgan fingerprint density at radius 3 is 1.52 bits per heavy atom. The number of hydrogen-bond acceptors (Lipinski definition) is 1. The minimum atomic E-state index is -0.340. The van der Waals surface area contributed by atoms with Crippen molar-refractivity contribution in [2.24, 2.45) is 0 Å². The van der Waals surface area contributed by atoms with Gasteiger partial charge in [-0.2, -0.15) is 0 Å². The molecule has 23 heavy (non-hydrogen) atoms. The van der Waals surface area contributed by atoms with Gasteiger partial charge in [-0.15, -0.1) is 0 Å². The van der Waals surface area contributed by atoms with Gasteiger partial charge in [-0.3, -0.25) is 4.79 Å². The fourth-order valence-electron chi connectivity index (χ4n) is 3.77. The second-order valence-electron chi connectivity index (χ2n) is 7.38. The molecule has 0 saturated carbocycles. The van der Waals surface area contributed by atoms with Crippen molar-refractivity contribution in [2.75, 3.05) is 0 Å². The van der Waals surface area contributed by atoms with E-state index >= 15 is 0 Å². The van der Waals surface area contributed by atoms with E-state index in [1.807, 2.05) is 0 Å². The summed E-state index contributed by atoms with van der Waals surface area (Å²) in [6.07, 6.45) is 1.41. The molecule has 120 valence electrons. The monoisotopic (exact) mass is 324 g/mol. The fraction of sp³-hybridized carbons (Fsp3) is 0.381. The van der Waals surface area contributed by atoms with Crippen molar-refractivity contribution in [2.45, 2.75) is 50.1 Å². The van der Waals surface area contributed by atoms with Crippen LogP contribution in [0.3, 0.4) is 0 Å². The van der Waals surface area contributed by atoms with Crippen LogP contribution in [-0.4, -0.2) is 10.9 Å². The third-order valence-electron chi connectivity index (χ3n) is 4.66. The first-order chi connectivity index (χ1) is 11.0. The molecule has 2 heteroatoms. The Morgan fingerprint density at radius 2 is 1.17 bits per heavy atom. The molecule has 0 bridgehead atoms. The van der Waals surface area contributed by atoms with Crippen LogP contribution in [0.4, 0.5) is 0 Å². The Labute approximate surface area is 140 Å². The van der Waals surface area contributed by atoms with Gasteiger partial charge >= 0.3 is 0 Å². The minimum Gasteiger partial charge on any atom is -0.300 e. The summed E-state index contributed by atoms with van der Waals surface area (Å²) in [4.78, 5) is 12.5. The quantitative estimate of drug-likeness (QED) is 0.609. The van der Waals surface area contributed by atoms with Crippen molar-refractivity contribution < 1.29 is 4.79 Å². The zero-order valence-corrected chi connectivity index (χ0v) is 15.1. The van der Waals surface area contributed by atoms with E-state index in [1.54, 1.807) is 0 Å². The van der Waals surface area contributed by atoms with E-state index in [1.165, 1.54) is 11.1 Å². The number of benzene rings is 2. The first-order valence-electron chi connectivity index (χ1n) is 8.37. The molecule has 2 aromatic carbocycles. The Morgan fingerprint density at radius 1 is 0.783 bits per heavy atom. The van der Waals surface area contributed by atoms with Crippen LogP contribution in [0.1, 0.15) is 56.1 Å². The number of carbonyl (C=O) groups is 1. The topological polar surface area (TPSA) is 17.1 Å². The molecule has 1 saturated heterocycles. The summed E-state index contributed by atoms with van der Waals surface area (Å²) < 4.78 is 0. The van der Waals surface area contributed by atoms with Crippen LogP contribution in [0, 0.1) is 0 Å². The number of ketones is 1. The highest BCUT2D eigenvalue weighted by Crippen LogP contribution is 2.73. The first-order valence-corrected chi connectivity index (χ1v) is 9.85. The second-order valence-corrected chi connectivity index (χ2v) is 10.8. The third kappa shape index (κ3) is 3.56. The largest absolute Gasteiger partial charge is 0.300 e. The summed E-state index contributed by atoms with van der Waals surface area (Å²) in [5.41, 5.74) is 3.42. The van der Waals surface area contributed by atoms with Crippen LogP contribution in [-0.2, 0) is 4.79 Å². The molecule has 1 unspecified atom stereocenters. The van der Waals surface area contributed by atoms with Crippen LogP contribution in [0.15, 0.2) is 60.7 Å². The van der Waals surface area contributed by atoms with Crippen molar-refractivity contribution in [3.05, 3.63) is 71.8 Å². The normalized spacial score (nSPS) is 25.3. The smallest absolute Gasteiger partial charge is 0.134 e. The van der Waals surface area contributed by atoms with Gasteiger partial charge in [0.2, 0.25) is 0 Å². The van der Waals surface area contributed by atoms with Crippen LogP contribution < -0.4 is 0 Å². The average Bonchev–Trinajstić information content (AvgIpc) is 2.54. The Balaban J connectivity index is 2.06. The molecule has 0 spiro atoms. The molecule has 1 nitrogen and oxygen atoms in total. The zero-order valence-electron chi connectivity index (χ0n) is 14.2. The molecule has 1 aliphatic heterocycles. The highest BCUT2D eigenvalue weighted by atomic mass is 31.1. The Kier molecular flexibility index (Phi) is 4.69. The number of hydrogen-bond donors (Lipinski definition) is 0. The van der Waals surface area contributed by atoms with E-state index < -0.39 is 0 Å². The van der Waals surface area contributed by atoms with Crippen LogP contribution >= 0.6 is 7.92 Å². The second kappa shape index (κ2) is 6.57. The zero-order chi connectivity index (χ0) is 16.4. The molecule has 1 aliphatic rings. The van der Waals surface area contributed by atoms with Crippen LogP contribution in [0.2, 0.25) is 0 Å². The molecule has 2 aromatic rings. The lowest BCUT2D eigenvalue weighted by Gasteiger charge is -2.46. The van der Waals surface area contributed by atoms with E-state index in [4.69, 9.17) is 0 Å². The molecule has 0 radical (unpaired) electrons. The average molecular weight is 324 g/mol. The summed E-state index contributed by atoms with van der Waals surface area (Å²) in [6.45, 7) is 7.04. The summed E-state index contributed by atoms with van der Waals surface area (Å²) in [5, 5.41) is 0.219. The van der Waals surface area contributed by atoms with E-state index in [2.05, 4.69) is 81.4 Å². The van der Waals surface area contributed by atoms with Gasteiger partial charge in [0.1, 0.15) is 5.78 Å². The van der Waals surface area contributed by atoms with Crippen LogP contribution in [0.5, 0.6) is 0 Å². The summed E-state index contributed by atoms with van der Waals surface area (Å²) in [5.74, 6) is 0.413. The van der Waals surface area contributed by atoms with Crippen molar-refractivity contribution in [1.29, 1.82) is 0 Å². The predicted molar refractivity (Wildman–Crippen MR) is 99.3 cm³/mol. The van der Waals surface area contributed by atoms with Gasteiger partial charge in [-0.1, -0.05) is 89.4 Å². The van der Waals surface area contributed by atoms with Crippen molar-refractivity contribution in [1.82, 2.24) is 0 Å². The van der Waals surface area contributed by atoms with Gasteiger partial charge in [0.15, 0.2) is 0 Å². The molecule has 0 aromatic heterocycles. The lowest BCUT2D eigenvalue weighted by molar-refractivity contribution is -0.119. The predicted octanol–water partition coefficient (Wildman–Crippen LogP) is 6.11. The van der Waals surface area contributed by atoms with Crippen molar-refractivity contribution in [3.8, 4) is 0 Å². The maximum absolute atomic E-state index is 12.5. The van der Waals surface area contributed by atoms with E-state index in [0.29, 0.717) is 29.9 Å². The molecule has 0 N–H and O–H groups in total. The maximum atomic E-state index is 12.5. The van der Waals surface area contributed by atoms with Crippen molar-refractivity contribution in [3.63, 3.8) is 0 Å². The SMILES string of the molecule is CC(C)(C)P1[C@@H](c2ccccc2)CC(=O)C[C@H]1c1ccccc1. The molecule has 0 amide bonds. The summed E-state index contributed by atoms with van der Waals surface area (Å²) >= 11 is 0. The molecule has 3 atom stereocenters. The van der Waals surface area contributed by atoms with Gasteiger partial charge in [-0.25, -0.2) is 0 Å². The Bertz CT molecular complexity index is 606. The molecule has 1 heterocycles. The lowest BCUT2D eigenvalue weighted by atomic mass is 10.00. The number of carbonyl (C=O) groups excluding carboxylic acids is 1. The van der Waals surface area contributed by atoms with Gasteiger partial charge in [0.25, 0.3) is 0 Å². The first kappa shape index (κ1) is 16.4. The third-order valence-corrected chi connectivity index (χ3v) is 8.51. The van der Waals surface area contributed by atoms with E-state index in [0.717, 1.165) is 0 Å². The Hall–Kier alpha value is -1.46. The minimum absolute atomic E-state index is 0.219. The number of rotatable bonds is 2. The van der Waals surface area contributed by atoms with Crippen molar-refractivity contribution >= 4 is 13.7 Å². The highest BCUT2D eigenvalue weighted by Gasteiger charge is 2.43. The fourth-order valence-corrected chi connectivity index (χ4v) is 7.86. The number of Topliss-reactive ketones (excluding diaryl/α,β-unsaturated/α-hetero) is 1. The molecular formula is C21H25OP. The molecular weight excluding hydrogens is 299 g/mol. The van der Waals surface area contributed by atoms with Gasteiger partial charge in [-0.05, 0) is 16.3 Å². The maximum Gasteiger partial charge on any atom is 0.134 e. The summed E-state index contributed by atoms with van der Waals surface area (Å²) in [6, 6.07) is 21.3. The molecule has 1 fully saturated rings. The lowest BCUT2D eigenvalue weighted by Crippen LogP contribution is -2.27. The van der Waals surface area contributed by atoms with Gasteiger partial charge in [0.05, 0.1) is 0 Å².